The summed E-state index contributed by atoms with van der Waals surface area (Å²) in [6, 6.07) is 23.1. The quantitative estimate of drug-likeness (QED) is 0.393. The monoisotopic (exact) mass is 399 g/mol. The third kappa shape index (κ3) is 5.10. The van der Waals surface area contributed by atoms with Crippen molar-refractivity contribution in [3.63, 3.8) is 0 Å². The van der Waals surface area contributed by atoms with Crippen LogP contribution in [0.2, 0.25) is 0 Å². The molecule has 1 heterocycles. The summed E-state index contributed by atoms with van der Waals surface area (Å²) in [6.45, 7) is 4.24. The molecule has 1 unspecified atom stereocenters. The van der Waals surface area contributed by atoms with Crippen molar-refractivity contribution in [2.24, 2.45) is 0 Å². The molecule has 4 rings (SSSR count). The Morgan fingerprint density at radius 3 is 2.47 bits per heavy atom. The van der Waals surface area contributed by atoms with E-state index in [9.17, 15) is 0 Å². The topological polar surface area (TPSA) is 31.4 Å². The van der Waals surface area contributed by atoms with Gasteiger partial charge >= 0.3 is 0 Å². The minimum absolute atomic E-state index is 0.195. The second kappa shape index (κ2) is 10.1. The van der Waals surface area contributed by atoms with Crippen LogP contribution in [0.4, 0.5) is 0 Å². The molecule has 30 heavy (non-hydrogen) atoms. The molecule has 3 nitrogen and oxygen atoms in total. The molecule has 0 amide bonds. The van der Waals surface area contributed by atoms with Gasteiger partial charge in [-0.3, -0.25) is 4.98 Å². The third-order valence-electron chi connectivity index (χ3n) is 5.66. The van der Waals surface area contributed by atoms with Gasteiger partial charge in [-0.25, -0.2) is 0 Å². The Hall–Kier alpha value is -3.07. The van der Waals surface area contributed by atoms with Crippen molar-refractivity contribution in [3.8, 4) is 11.5 Å². The minimum atomic E-state index is 0.195. The highest BCUT2D eigenvalue weighted by Gasteiger charge is 2.21. The van der Waals surface area contributed by atoms with E-state index in [0.717, 1.165) is 36.5 Å². The van der Waals surface area contributed by atoms with Gasteiger partial charge in [0, 0.05) is 24.2 Å². The van der Waals surface area contributed by atoms with E-state index in [1.165, 1.54) is 24.0 Å². The van der Waals surface area contributed by atoms with Crippen LogP contribution in [0, 0.1) is 0 Å². The molecule has 0 spiro atoms. The normalized spacial score (nSPS) is 14.9. The second-order valence-corrected chi connectivity index (χ2v) is 7.82. The lowest BCUT2D eigenvalue weighted by Crippen LogP contribution is -2.13. The van der Waals surface area contributed by atoms with Crippen molar-refractivity contribution in [3.05, 3.63) is 102 Å². The van der Waals surface area contributed by atoms with E-state index in [-0.39, 0.29) is 12.0 Å². The predicted molar refractivity (Wildman–Crippen MR) is 121 cm³/mol. The molecule has 1 fully saturated rings. The molecule has 0 bridgehead atoms. The SMILES string of the molecule is C=CCOc1ccc(C(Cc2ccccn2)c2ccccc2)cc1OC1CCCC1. The van der Waals surface area contributed by atoms with E-state index in [2.05, 4.69) is 60.1 Å². The number of pyridine rings is 1. The van der Waals surface area contributed by atoms with E-state index >= 15 is 0 Å². The molecule has 3 heteroatoms. The summed E-state index contributed by atoms with van der Waals surface area (Å²) < 4.78 is 12.3. The summed E-state index contributed by atoms with van der Waals surface area (Å²) in [4.78, 5) is 4.57. The average Bonchev–Trinajstić information content (AvgIpc) is 3.31. The minimum Gasteiger partial charge on any atom is -0.487 e. The zero-order chi connectivity index (χ0) is 20.6. The highest BCUT2D eigenvalue weighted by Crippen LogP contribution is 2.37. The molecule has 1 aliphatic rings. The first kappa shape index (κ1) is 20.2. The van der Waals surface area contributed by atoms with Gasteiger partial charge in [0.05, 0.1) is 6.10 Å². The zero-order valence-corrected chi connectivity index (χ0v) is 17.4. The van der Waals surface area contributed by atoms with Gasteiger partial charge in [-0.05, 0) is 61.1 Å². The summed E-state index contributed by atoms with van der Waals surface area (Å²) in [5, 5.41) is 0. The van der Waals surface area contributed by atoms with Gasteiger partial charge in [-0.15, -0.1) is 0 Å². The zero-order valence-electron chi connectivity index (χ0n) is 17.4. The largest absolute Gasteiger partial charge is 0.487 e. The van der Waals surface area contributed by atoms with Crippen molar-refractivity contribution in [2.45, 2.75) is 44.1 Å². The molecule has 3 aromatic rings. The first-order valence-electron chi connectivity index (χ1n) is 10.8. The van der Waals surface area contributed by atoms with E-state index < -0.39 is 0 Å². The molecule has 0 aliphatic heterocycles. The summed E-state index contributed by atoms with van der Waals surface area (Å²) in [5.74, 6) is 1.82. The molecule has 0 N–H and O–H groups in total. The number of hydrogen-bond acceptors (Lipinski definition) is 3. The Balaban J connectivity index is 1.68. The van der Waals surface area contributed by atoms with Crippen LogP contribution < -0.4 is 9.47 Å². The van der Waals surface area contributed by atoms with Gasteiger partial charge < -0.3 is 9.47 Å². The number of benzene rings is 2. The van der Waals surface area contributed by atoms with Crippen LogP contribution >= 0.6 is 0 Å². The Bertz CT molecular complexity index is 934. The number of rotatable bonds is 9. The fourth-order valence-electron chi connectivity index (χ4n) is 4.13. The maximum absolute atomic E-state index is 6.41. The van der Waals surface area contributed by atoms with E-state index in [1.807, 2.05) is 24.4 Å². The Labute approximate surface area is 179 Å². The van der Waals surface area contributed by atoms with Crippen molar-refractivity contribution < 1.29 is 9.47 Å². The summed E-state index contributed by atoms with van der Waals surface area (Å²) in [7, 11) is 0. The maximum Gasteiger partial charge on any atom is 0.161 e. The van der Waals surface area contributed by atoms with Gasteiger partial charge in [0.1, 0.15) is 6.61 Å². The smallest absolute Gasteiger partial charge is 0.161 e. The third-order valence-corrected chi connectivity index (χ3v) is 5.66. The van der Waals surface area contributed by atoms with Crippen LogP contribution in [0.25, 0.3) is 0 Å². The second-order valence-electron chi connectivity index (χ2n) is 7.82. The van der Waals surface area contributed by atoms with Crippen LogP contribution in [0.3, 0.4) is 0 Å². The number of aromatic nitrogens is 1. The van der Waals surface area contributed by atoms with E-state index in [1.54, 1.807) is 6.08 Å². The first-order chi connectivity index (χ1) is 14.8. The van der Waals surface area contributed by atoms with Crippen molar-refractivity contribution in [1.29, 1.82) is 0 Å². The number of ether oxygens (including phenoxy) is 2. The molecule has 1 saturated carbocycles. The number of nitrogens with zero attached hydrogens (tertiary/aromatic N) is 1. The highest BCUT2D eigenvalue weighted by molar-refractivity contribution is 5.47. The molecule has 0 saturated heterocycles. The summed E-state index contributed by atoms with van der Waals surface area (Å²) in [5.41, 5.74) is 3.57. The predicted octanol–water partition coefficient (Wildman–Crippen LogP) is 6.34. The Morgan fingerprint density at radius 2 is 1.73 bits per heavy atom. The lowest BCUT2D eigenvalue weighted by Gasteiger charge is -2.22. The van der Waals surface area contributed by atoms with Gasteiger partial charge in [0.15, 0.2) is 11.5 Å². The molecule has 154 valence electrons. The highest BCUT2D eigenvalue weighted by atomic mass is 16.5. The molecule has 1 aliphatic carbocycles. The van der Waals surface area contributed by atoms with Crippen LogP contribution in [0.1, 0.15) is 48.4 Å². The van der Waals surface area contributed by atoms with Crippen LogP contribution in [0.5, 0.6) is 11.5 Å². The van der Waals surface area contributed by atoms with Crippen molar-refractivity contribution in [2.75, 3.05) is 6.61 Å². The number of hydrogen-bond donors (Lipinski definition) is 0. The van der Waals surface area contributed by atoms with Gasteiger partial charge in [0.25, 0.3) is 0 Å². The summed E-state index contributed by atoms with van der Waals surface area (Å²) in [6.07, 6.45) is 9.43. The van der Waals surface area contributed by atoms with Crippen LogP contribution in [-0.4, -0.2) is 17.7 Å². The molecule has 0 radical (unpaired) electrons. The lowest BCUT2D eigenvalue weighted by atomic mass is 9.87. The fraction of sp³-hybridized carbons (Fsp3) is 0.296. The van der Waals surface area contributed by atoms with Crippen LogP contribution in [0.15, 0.2) is 85.6 Å². The van der Waals surface area contributed by atoms with Crippen molar-refractivity contribution >= 4 is 0 Å². The van der Waals surface area contributed by atoms with Gasteiger partial charge in [-0.2, -0.15) is 0 Å². The average molecular weight is 400 g/mol. The van der Waals surface area contributed by atoms with Crippen LogP contribution in [-0.2, 0) is 6.42 Å². The van der Waals surface area contributed by atoms with Gasteiger partial charge in [-0.1, -0.05) is 55.1 Å². The Morgan fingerprint density at radius 1 is 0.933 bits per heavy atom. The molecular weight excluding hydrogens is 370 g/mol. The Kier molecular flexibility index (Phi) is 6.81. The molecule has 1 aromatic heterocycles. The van der Waals surface area contributed by atoms with Crippen molar-refractivity contribution in [1.82, 2.24) is 4.98 Å². The molecule has 2 aromatic carbocycles. The molecule has 1 atom stereocenters. The maximum atomic E-state index is 6.41. The summed E-state index contributed by atoms with van der Waals surface area (Å²) >= 11 is 0. The lowest BCUT2D eigenvalue weighted by molar-refractivity contribution is 0.198. The van der Waals surface area contributed by atoms with E-state index in [0.29, 0.717) is 6.61 Å². The first-order valence-corrected chi connectivity index (χ1v) is 10.8. The fourth-order valence-corrected chi connectivity index (χ4v) is 4.13. The standard InChI is InChI=1S/C27H29NO2/c1-2-18-29-26-16-15-22(19-27(26)30-24-13-6-7-14-24)25(21-10-4-3-5-11-21)20-23-12-8-9-17-28-23/h2-5,8-12,15-17,19,24-25H,1,6-7,13-14,18,20H2. The molecular formula is C27H29NO2. The van der Waals surface area contributed by atoms with Gasteiger partial charge in [0.2, 0.25) is 0 Å². The van der Waals surface area contributed by atoms with E-state index in [4.69, 9.17) is 9.47 Å².